The summed E-state index contributed by atoms with van der Waals surface area (Å²) in [5, 5.41) is 4.85. The maximum Gasteiger partial charge on any atom is 0.0540 e. The zero-order valence-corrected chi connectivity index (χ0v) is 47.7. The normalized spacial score (nSPS) is 14.6. The summed E-state index contributed by atoms with van der Waals surface area (Å²) >= 11 is 0. The molecular weight excluding hydrogens is 1000 g/mol. The number of pyridine rings is 2. The average molecular weight is 1070 g/mol. The van der Waals surface area contributed by atoms with Crippen LogP contribution in [0.5, 0.6) is 0 Å². The molecule has 4 heteroatoms. The molecule has 0 unspecified atom stereocenters. The molecule has 0 saturated carbocycles. The van der Waals surface area contributed by atoms with E-state index in [9.17, 15) is 0 Å². The van der Waals surface area contributed by atoms with Crippen molar-refractivity contribution in [1.82, 2.24) is 9.97 Å². The van der Waals surface area contributed by atoms with Gasteiger partial charge < -0.3 is 9.80 Å². The molecule has 10 aromatic carbocycles. The molecule has 0 N–H and O–H groups in total. The number of hydrogen-bond acceptors (Lipinski definition) is 4. The molecule has 0 fully saturated rings. The standard InChI is InChI=1S/C79H62N4/c1-77(2)69-45-51(21-23-53-27-33-65-67-35-29-59(49-73(67)78(3,4)71(65)47-53)82(57-37-41-80-42-38-57)75-19-11-15-55-13-7-9-17-61(55)75)25-31-63(69)64-32-26-52(46-70(64)77)22-24-54-28-34-66-68-36-30-60(50-74(68)79(5,6)72(66)48-54)83(58-39-43-81-44-40-58)76-20-12-16-56-14-8-10-18-62(56)76/h7-50H,1-6H3/b23-21+,24-22+. The second kappa shape index (κ2) is 19.1. The van der Waals surface area contributed by atoms with E-state index in [-0.39, 0.29) is 16.2 Å². The smallest absolute Gasteiger partial charge is 0.0540 e. The molecule has 0 saturated heterocycles. The number of nitrogens with zero attached hydrogens (tertiary/aromatic N) is 4. The van der Waals surface area contributed by atoms with Crippen LogP contribution in [0, 0.1) is 0 Å². The molecule has 3 aliphatic carbocycles. The lowest BCUT2D eigenvalue weighted by Crippen LogP contribution is -2.17. The van der Waals surface area contributed by atoms with Crippen LogP contribution in [-0.2, 0) is 16.2 Å². The van der Waals surface area contributed by atoms with Crippen molar-refractivity contribution in [2.75, 3.05) is 9.80 Å². The Kier molecular flexibility index (Phi) is 11.5. The molecule has 2 aromatic heterocycles. The lowest BCUT2D eigenvalue weighted by Gasteiger charge is -2.29. The van der Waals surface area contributed by atoms with Gasteiger partial charge in [-0.05, 0) is 160 Å². The van der Waals surface area contributed by atoms with E-state index in [1.807, 2.05) is 24.8 Å². The van der Waals surface area contributed by atoms with Crippen molar-refractivity contribution in [2.45, 2.75) is 57.8 Å². The predicted octanol–water partition coefficient (Wildman–Crippen LogP) is 21.0. The first-order valence-corrected chi connectivity index (χ1v) is 29.0. The molecule has 83 heavy (non-hydrogen) atoms. The highest BCUT2D eigenvalue weighted by atomic mass is 15.2. The monoisotopic (exact) mass is 1070 g/mol. The van der Waals surface area contributed by atoms with Crippen LogP contribution in [0.4, 0.5) is 34.1 Å². The minimum absolute atomic E-state index is 0.163. The lowest BCUT2D eigenvalue weighted by molar-refractivity contribution is 0.660. The molecule has 0 atom stereocenters. The van der Waals surface area contributed by atoms with E-state index in [2.05, 4.69) is 304 Å². The van der Waals surface area contributed by atoms with E-state index in [0.29, 0.717) is 0 Å². The van der Waals surface area contributed by atoms with Gasteiger partial charge in [-0.3, -0.25) is 9.97 Å². The van der Waals surface area contributed by atoms with Crippen molar-refractivity contribution in [1.29, 1.82) is 0 Å². The predicted molar refractivity (Wildman–Crippen MR) is 350 cm³/mol. The number of aromatic nitrogens is 2. The quantitative estimate of drug-likeness (QED) is 0.128. The van der Waals surface area contributed by atoms with Crippen molar-refractivity contribution in [3.05, 3.63) is 299 Å². The second-order valence-electron chi connectivity index (χ2n) is 24.3. The van der Waals surface area contributed by atoms with Crippen molar-refractivity contribution >= 4 is 80.0 Å². The van der Waals surface area contributed by atoms with E-state index in [4.69, 9.17) is 0 Å². The lowest BCUT2D eigenvalue weighted by atomic mass is 9.81. The first kappa shape index (κ1) is 50.1. The number of hydrogen-bond donors (Lipinski definition) is 0. The molecule has 4 nitrogen and oxygen atoms in total. The van der Waals surface area contributed by atoms with Gasteiger partial charge in [0.15, 0.2) is 0 Å². The average Bonchev–Trinajstić information content (AvgIpc) is 4.07. The minimum atomic E-state index is -0.203. The third kappa shape index (κ3) is 8.18. The van der Waals surface area contributed by atoms with E-state index < -0.39 is 0 Å². The Morgan fingerprint density at radius 1 is 0.277 bits per heavy atom. The summed E-state index contributed by atoms with van der Waals surface area (Å²) in [5.41, 5.74) is 26.9. The van der Waals surface area contributed by atoms with Gasteiger partial charge in [-0.25, -0.2) is 0 Å². The number of anilines is 6. The molecule has 12 aromatic rings. The van der Waals surface area contributed by atoms with Gasteiger partial charge in [0.2, 0.25) is 0 Å². The number of fused-ring (bicyclic) bond motifs is 11. The van der Waals surface area contributed by atoms with Crippen LogP contribution in [-0.4, -0.2) is 9.97 Å². The summed E-state index contributed by atoms with van der Waals surface area (Å²) in [4.78, 5) is 13.5. The third-order valence-electron chi connectivity index (χ3n) is 18.4. The molecule has 3 aliphatic rings. The molecule has 0 amide bonds. The highest BCUT2D eigenvalue weighted by Crippen LogP contribution is 2.54. The Morgan fingerprint density at radius 2 is 0.566 bits per heavy atom. The molecule has 0 aliphatic heterocycles. The topological polar surface area (TPSA) is 32.3 Å². The van der Waals surface area contributed by atoms with E-state index in [1.165, 1.54) is 111 Å². The fourth-order valence-electron chi connectivity index (χ4n) is 14.0. The second-order valence-corrected chi connectivity index (χ2v) is 24.3. The Bertz CT molecular complexity index is 4350. The maximum atomic E-state index is 4.37. The molecule has 398 valence electrons. The Morgan fingerprint density at radius 3 is 0.904 bits per heavy atom. The largest absolute Gasteiger partial charge is 0.310 e. The number of benzene rings is 10. The number of rotatable bonds is 10. The van der Waals surface area contributed by atoms with Crippen LogP contribution in [0.1, 0.15) is 97.2 Å². The van der Waals surface area contributed by atoms with Crippen LogP contribution in [0.15, 0.2) is 243 Å². The van der Waals surface area contributed by atoms with E-state index >= 15 is 0 Å². The van der Waals surface area contributed by atoms with Crippen molar-refractivity contribution < 1.29 is 0 Å². The van der Waals surface area contributed by atoms with Crippen molar-refractivity contribution in [3.63, 3.8) is 0 Å². The van der Waals surface area contributed by atoms with Gasteiger partial charge in [0.1, 0.15) is 0 Å². The summed E-state index contributed by atoms with van der Waals surface area (Å²) in [6.07, 6.45) is 16.7. The van der Waals surface area contributed by atoms with Gasteiger partial charge in [0, 0.05) is 74.6 Å². The van der Waals surface area contributed by atoms with Crippen molar-refractivity contribution in [3.8, 4) is 33.4 Å². The van der Waals surface area contributed by atoms with Crippen molar-refractivity contribution in [2.24, 2.45) is 0 Å². The van der Waals surface area contributed by atoms with Crippen LogP contribution >= 0.6 is 0 Å². The first-order chi connectivity index (χ1) is 40.4. The molecule has 0 radical (unpaired) electrons. The first-order valence-electron chi connectivity index (χ1n) is 29.0. The minimum Gasteiger partial charge on any atom is -0.310 e. The fourth-order valence-corrected chi connectivity index (χ4v) is 14.0. The molecule has 2 heterocycles. The Labute approximate surface area is 487 Å². The zero-order valence-electron chi connectivity index (χ0n) is 47.7. The Hall–Kier alpha value is -9.90. The summed E-state index contributed by atoms with van der Waals surface area (Å²) < 4.78 is 0. The third-order valence-corrected chi connectivity index (χ3v) is 18.4. The summed E-state index contributed by atoms with van der Waals surface area (Å²) in [6.45, 7) is 14.3. The van der Waals surface area contributed by atoms with Crippen LogP contribution in [0.3, 0.4) is 0 Å². The van der Waals surface area contributed by atoms with E-state index in [0.717, 1.165) is 34.1 Å². The van der Waals surface area contributed by atoms with Gasteiger partial charge in [0.25, 0.3) is 0 Å². The summed E-state index contributed by atoms with van der Waals surface area (Å²) in [7, 11) is 0. The highest BCUT2D eigenvalue weighted by molar-refractivity contribution is 6.01. The fraction of sp³-hybridized carbons (Fsp3) is 0.114. The van der Waals surface area contributed by atoms with Crippen LogP contribution in [0.25, 0.3) is 79.2 Å². The van der Waals surface area contributed by atoms with Gasteiger partial charge in [-0.15, -0.1) is 0 Å². The van der Waals surface area contributed by atoms with Gasteiger partial charge in [-0.1, -0.05) is 224 Å². The molecule has 0 spiro atoms. The van der Waals surface area contributed by atoms with Crippen LogP contribution in [0.2, 0.25) is 0 Å². The Balaban J connectivity index is 0.671. The van der Waals surface area contributed by atoms with Gasteiger partial charge >= 0.3 is 0 Å². The molecule has 15 rings (SSSR count). The summed E-state index contributed by atoms with van der Waals surface area (Å²) in [5.74, 6) is 0. The SMILES string of the molecule is CC1(C)c2cc(/C=C/c3ccc4c(c3)C(C)(C)c3cc(N(c5ccncc5)c5cccc6ccccc56)ccc3-4)ccc2-c2ccc(/C=C/c3ccc4c(c3)C(C)(C)c3cc(N(c5ccncc5)c5cccc6ccccc56)ccc3-4)cc21. The summed E-state index contributed by atoms with van der Waals surface area (Å²) in [6, 6.07) is 80.9. The highest BCUT2D eigenvalue weighted by Gasteiger charge is 2.39. The maximum absolute atomic E-state index is 4.37. The van der Waals surface area contributed by atoms with Crippen LogP contribution < -0.4 is 9.80 Å². The van der Waals surface area contributed by atoms with E-state index in [1.54, 1.807) is 0 Å². The van der Waals surface area contributed by atoms with Gasteiger partial charge in [-0.2, -0.15) is 0 Å². The molecule has 0 bridgehead atoms. The molecular formula is C79H62N4. The van der Waals surface area contributed by atoms with Gasteiger partial charge in [0.05, 0.1) is 11.4 Å². The zero-order chi connectivity index (χ0) is 56.2.